The molecule has 1 fully saturated rings. The summed E-state index contributed by atoms with van der Waals surface area (Å²) in [5, 5.41) is 11.4. The average molecular weight is 458 g/mol. The number of Topliss-reactive ketones (excluding diaryl/α,β-unsaturated/α-hetero) is 1. The first-order valence-electron chi connectivity index (χ1n) is 10.2. The number of aromatic nitrogens is 3. The van der Waals surface area contributed by atoms with Crippen molar-refractivity contribution in [1.82, 2.24) is 15.0 Å². The lowest BCUT2D eigenvalue weighted by Gasteiger charge is -2.21. The molecule has 8 nitrogen and oxygen atoms in total. The molecule has 0 aliphatic carbocycles. The highest BCUT2D eigenvalue weighted by molar-refractivity contribution is 7.22. The second kappa shape index (κ2) is 8.44. The highest BCUT2D eigenvalue weighted by Gasteiger charge is 2.48. The van der Waals surface area contributed by atoms with Crippen LogP contribution in [0.1, 0.15) is 24.2 Å². The molecular formula is C24H18N4O4S. The summed E-state index contributed by atoms with van der Waals surface area (Å²) in [6.45, 7) is 2.43. The maximum atomic E-state index is 13.2. The SMILES string of the molecule is CCOc1ccc2nc(N3C(=O)C(=O)/C(=C(/O)c4ccncc4)C3c3ccccn3)sc2c1. The largest absolute Gasteiger partial charge is 0.507 e. The summed E-state index contributed by atoms with van der Waals surface area (Å²) >= 11 is 1.27. The zero-order valence-corrected chi connectivity index (χ0v) is 18.3. The molecule has 4 aromatic rings. The molecule has 0 bridgehead atoms. The molecule has 0 saturated carbocycles. The molecule has 0 radical (unpaired) electrons. The Labute approximate surface area is 192 Å². The molecular weight excluding hydrogens is 440 g/mol. The molecule has 5 rings (SSSR count). The summed E-state index contributed by atoms with van der Waals surface area (Å²) < 4.78 is 6.38. The van der Waals surface area contributed by atoms with Gasteiger partial charge in [0.25, 0.3) is 5.78 Å². The van der Waals surface area contributed by atoms with Crippen molar-refractivity contribution in [1.29, 1.82) is 0 Å². The van der Waals surface area contributed by atoms with Crippen LogP contribution in [0.3, 0.4) is 0 Å². The second-order valence-electron chi connectivity index (χ2n) is 7.22. The number of thiazole rings is 1. The topological polar surface area (TPSA) is 106 Å². The first-order valence-corrected chi connectivity index (χ1v) is 11.1. The van der Waals surface area contributed by atoms with E-state index in [2.05, 4.69) is 15.0 Å². The number of benzene rings is 1. The van der Waals surface area contributed by atoms with E-state index in [9.17, 15) is 14.7 Å². The normalized spacial score (nSPS) is 17.6. The zero-order valence-electron chi connectivity index (χ0n) is 17.5. The molecule has 1 aliphatic rings. The maximum absolute atomic E-state index is 13.2. The Hall–Kier alpha value is -4.11. The van der Waals surface area contributed by atoms with E-state index in [1.165, 1.54) is 28.6 Å². The van der Waals surface area contributed by atoms with Crippen LogP contribution in [-0.2, 0) is 9.59 Å². The number of hydrogen-bond donors (Lipinski definition) is 1. The highest BCUT2D eigenvalue weighted by atomic mass is 32.1. The van der Waals surface area contributed by atoms with E-state index in [0.29, 0.717) is 34.3 Å². The fraction of sp³-hybridized carbons (Fsp3) is 0.125. The standard InChI is InChI=1S/C24H18N4O4S/c1-2-32-15-6-7-16-18(13-15)33-24(27-16)28-20(17-5-3-4-10-26-17)19(22(30)23(28)31)21(29)14-8-11-25-12-9-14/h3-13,20,29H,2H2,1H3/b21-19+. The van der Waals surface area contributed by atoms with Gasteiger partial charge in [0, 0.05) is 24.2 Å². The van der Waals surface area contributed by atoms with Crippen molar-refractivity contribution >= 4 is 44.1 Å². The summed E-state index contributed by atoms with van der Waals surface area (Å²) in [5.41, 5.74) is 1.46. The van der Waals surface area contributed by atoms with Gasteiger partial charge in [-0.05, 0) is 49.4 Å². The van der Waals surface area contributed by atoms with E-state index in [0.717, 1.165) is 4.70 Å². The van der Waals surface area contributed by atoms with Gasteiger partial charge < -0.3 is 9.84 Å². The van der Waals surface area contributed by atoms with Gasteiger partial charge in [-0.25, -0.2) is 4.98 Å². The molecule has 1 amide bonds. The van der Waals surface area contributed by atoms with E-state index in [-0.39, 0.29) is 11.3 Å². The van der Waals surface area contributed by atoms with Crippen LogP contribution in [0.5, 0.6) is 5.75 Å². The number of nitrogens with zero attached hydrogens (tertiary/aromatic N) is 4. The van der Waals surface area contributed by atoms with Gasteiger partial charge in [-0.2, -0.15) is 0 Å². The quantitative estimate of drug-likeness (QED) is 0.273. The first kappa shape index (κ1) is 20.8. The zero-order chi connectivity index (χ0) is 22.9. The van der Waals surface area contributed by atoms with E-state index >= 15 is 0 Å². The Morgan fingerprint density at radius 3 is 2.67 bits per heavy atom. The van der Waals surface area contributed by atoms with E-state index < -0.39 is 17.7 Å². The predicted molar refractivity (Wildman–Crippen MR) is 124 cm³/mol. The fourth-order valence-corrected chi connectivity index (χ4v) is 4.79. The molecule has 1 N–H and O–H groups in total. The van der Waals surface area contributed by atoms with Crippen molar-refractivity contribution in [3.8, 4) is 5.75 Å². The van der Waals surface area contributed by atoms with Crippen LogP contribution in [0.15, 0.2) is 72.7 Å². The molecule has 33 heavy (non-hydrogen) atoms. The number of ketones is 1. The third-order valence-corrected chi connectivity index (χ3v) is 6.25. The van der Waals surface area contributed by atoms with Gasteiger partial charge in [-0.15, -0.1) is 0 Å². The van der Waals surface area contributed by atoms with Gasteiger partial charge in [-0.3, -0.25) is 24.5 Å². The van der Waals surface area contributed by atoms with Gasteiger partial charge in [0.05, 0.1) is 28.1 Å². The first-order chi connectivity index (χ1) is 16.1. The Morgan fingerprint density at radius 1 is 1.12 bits per heavy atom. The predicted octanol–water partition coefficient (Wildman–Crippen LogP) is 4.11. The number of aliphatic hydroxyl groups excluding tert-OH is 1. The maximum Gasteiger partial charge on any atom is 0.301 e. The van der Waals surface area contributed by atoms with Crippen LogP contribution in [0.25, 0.3) is 16.0 Å². The van der Waals surface area contributed by atoms with Crippen molar-refractivity contribution < 1.29 is 19.4 Å². The lowest BCUT2D eigenvalue weighted by molar-refractivity contribution is -0.132. The van der Waals surface area contributed by atoms with E-state index in [4.69, 9.17) is 4.74 Å². The smallest absolute Gasteiger partial charge is 0.301 e. The number of hydrogen-bond acceptors (Lipinski definition) is 8. The minimum Gasteiger partial charge on any atom is -0.507 e. The molecule has 1 unspecified atom stereocenters. The number of carbonyl (C=O) groups is 2. The van der Waals surface area contributed by atoms with Gasteiger partial charge in [-0.1, -0.05) is 17.4 Å². The number of anilines is 1. The summed E-state index contributed by atoms with van der Waals surface area (Å²) in [7, 11) is 0. The minimum absolute atomic E-state index is 0.0424. The Bertz CT molecular complexity index is 1390. The van der Waals surface area contributed by atoms with Crippen molar-refractivity contribution in [2.24, 2.45) is 0 Å². The summed E-state index contributed by atoms with van der Waals surface area (Å²) in [5.74, 6) is -1.16. The van der Waals surface area contributed by atoms with Crippen molar-refractivity contribution in [3.63, 3.8) is 0 Å². The lowest BCUT2D eigenvalue weighted by atomic mass is 9.99. The number of amides is 1. The summed E-state index contributed by atoms with van der Waals surface area (Å²) in [6.07, 6.45) is 4.59. The molecule has 1 aromatic carbocycles. The Kier molecular flexibility index (Phi) is 5.31. The number of ether oxygens (including phenoxy) is 1. The van der Waals surface area contributed by atoms with E-state index in [1.807, 2.05) is 25.1 Å². The molecule has 164 valence electrons. The van der Waals surface area contributed by atoms with E-state index in [1.54, 1.807) is 36.5 Å². The number of fused-ring (bicyclic) bond motifs is 1. The molecule has 0 spiro atoms. The Balaban J connectivity index is 1.69. The number of carbonyl (C=O) groups excluding carboxylic acids is 2. The van der Waals surface area contributed by atoms with Crippen LogP contribution in [0, 0.1) is 0 Å². The molecule has 1 saturated heterocycles. The van der Waals surface area contributed by atoms with Crippen molar-refractivity contribution in [2.75, 3.05) is 11.5 Å². The van der Waals surface area contributed by atoms with Gasteiger partial charge >= 0.3 is 5.91 Å². The van der Waals surface area contributed by atoms with Crippen LogP contribution in [0.4, 0.5) is 5.13 Å². The van der Waals surface area contributed by atoms with Crippen molar-refractivity contribution in [3.05, 3.63) is 84.0 Å². The van der Waals surface area contributed by atoms with Gasteiger partial charge in [0.1, 0.15) is 17.6 Å². The highest BCUT2D eigenvalue weighted by Crippen LogP contribution is 2.44. The minimum atomic E-state index is -0.925. The molecule has 9 heteroatoms. The number of aliphatic hydroxyl groups is 1. The second-order valence-corrected chi connectivity index (χ2v) is 8.23. The fourth-order valence-electron chi connectivity index (χ4n) is 3.76. The number of pyridine rings is 2. The van der Waals surface area contributed by atoms with Crippen LogP contribution < -0.4 is 9.64 Å². The molecule has 4 heterocycles. The summed E-state index contributed by atoms with van der Waals surface area (Å²) in [6, 6.07) is 12.9. The summed E-state index contributed by atoms with van der Waals surface area (Å²) in [4.78, 5) is 40.6. The molecule has 1 aliphatic heterocycles. The third-order valence-electron chi connectivity index (χ3n) is 5.23. The number of rotatable bonds is 5. The third kappa shape index (κ3) is 3.62. The lowest BCUT2D eigenvalue weighted by Crippen LogP contribution is -2.29. The monoisotopic (exact) mass is 458 g/mol. The average Bonchev–Trinajstić information content (AvgIpc) is 3.38. The van der Waals surface area contributed by atoms with Gasteiger partial charge in [0.2, 0.25) is 0 Å². The van der Waals surface area contributed by atoms with Gasteiger partial charge in [0.15, 0.2) is 5.13 Å². The van der Waals surface area contributed by atoms with Crippen LogP contribution >= 0.6 is 11.3 Å². The molecule has 3 aromatic heterocycles. The van der Waals surface area contributed by atoms with Crippen LogP contribution in [0.2, 0.25) is 0 Å². The van der Waals surface area contributed by atoms with Crippen molar-refractivity contribution in [2.45, 2.75) is 13.0 Å². The van der Waals surface area contributed by atoms with Crippen LogP contribution in [-0.4, -0.2) is 38.4 Å². The Morgan fingerprint density at radius 2 is 1.94 bits per heavy atom. The molecule has 1 atom stereocenters.